The van der Waals surface area contributed by atoms with Gasteiger partial charge in [0.2, 0.25) is 0 Å². The van der Waals surface area contributed by atoms with Crippen LogP contribution in [0.15, 0.2) is 12.1 Å². The van der Waals surface area contributed by atoms with Crippen molar-refractivity contribution in [3.05, 3.63) is 29.1 Å². The molecule has 1 amide bonds. The predicted molar refractivity (Wildman–Crippen MR) is 84.8 cm³/mol. The van der Waals surface area contributed by atoms with Crippen LogP contribution in [0.25, 0.3) is 0 Å². The van der Waals surface area contributed by atoms with Crippen molar-refractivity contribution < 1.29 is 14.0 Å². The number of aryl methyl sites for hydroxylation is 1. The van der Waals surface area contributed by atoms with Crippen LogP contribution in [0, 0.1) is 12.7 Å². The second-order valence-electron chi connectivity index (χ2n) is 6.85. The molecule has 1 heterocycles. The first-order valence-electron chi connectivity index (χ1n) is 7.61. The first-order valence-corrected chi connectivity index (χ1v) is 7.61. The largest absolute Gasteiger partial charge is 0.371 e. The maximum atomic E-state index is 13.9. The number of carbonyl (C=O) groups excluding carboxylic acids is 2. The molecule has 1 aromatic rings. The van der Waals surface area contributed by atoms with Gasteiger partial charge < -0.3 is 10.2 Å². The third kappa shape index (κ3) is 3.64. The van der Waals surface area contributed by atoms with Gasteiger partial charge in [0.1, 0.15) is 5.82 Å². The van der Waals surface area contributed by atoms with Crippen molar-refractivity contribution in [1.82, 2.24) is 5.32 Å². The van der Waals surface area contributed by atoms with Gasteiger partial charge in [0.15, 0.2) is 0 Å². The van der Waals surface area contributed by atoms with E-state index in [2.05, 4.69) is 5.32 Å². The van der Waals surface area contributed by atoms with E-state index in [9.17, 15) is 14.0 Å². The van der Waals surface area contributed by atoms with Crippen molar-refractivity contribution in [2.45, 2.75) is 46.1 Å². The summed E-state index contributed by atoms with van der Waals surface area (Å²) in [4.78, 5) is 26.6. The van der Waals surface area contributed by atoms with E-state index in [1.165, 1.54) is 6.07 Å². The zero-order valence-corrected chi connectivity index (χ0v) is 13.6. The molecule has 0 atom stereocenters. The van der Waals surface area contributed by atoms with Crippen molar-refractivity contribution >= 4 is 17.4 Å². The van der Waals surface area contributed by atoms with Crippen LogP contribution in [0.1, 0.15) is 49.5 Å². The third-order valence-electron chi connectivity index (χ3n) is 3.66. The van der Waals surface area contributed by atoms with Crippen LogP contribution in [0.4, 0.5) is 10.1 Å². The number of ketones is 1. The molecule has 0 spiro atoms. The zero-order valence-electron chi connectivity index (χ0n) is 13.6. The molecule has 0 bridgehead atoms. The molecule has 0 aromatic heterocycles. The number of amides is 1. The first kappa shape index (κ1) is 16.5. The maximum Gasteiger partial charge on any atom is 0.292 e. The van der Waals surface area contributed by atoms with Crippen LogP contribution in [0.5, 0.6) is 0 Å². The lowest BCUT2D eigenvalue weighted by atomic mass is 10.0. The van der Waals surface area contributed by atoms with Gasteiger partial charge in [-0.15, -0.1) is 0 Å². The number of anilines is 1. The molecule has 0 unspecified atom stereocenters. The lowest BCUT2D eigenvalue weighted by molar-refractivity contribution is -0.118. The lowest BCUT2D eigenvalue weighted by Gasteiger charge is -2.23. The van der Waals surface area contributed by atoms with Crippen molar-refractivity contribution in [3.8, 4) is 0 Å². The average molecular weight is 306 g/mol. The van der Waals surface area contributed by atoms with Gasteiger partial charge in [-0.05, 0) is 58.2 Å². The molecular formula is C17H23FN2O2. The molecule has 0 radical (unpaired) electrons. The Kier molecular flexibility index (Phi) is 4.54. The fourth-order valence-corrected chi connectivity index (χ4v) is 2.59. The van der Waals surface area contributed by atoms with Gasteiger partial charge in [-0.25, -0.2) is 4.39 Å². The molecule has 120 valence electrons. The Hall–Kier alpha value is -1.91. The fourth-order valence-electron chi connectivity index (χ4n) is 2.59. The summed E-state index contributed by atoms with van der Waals surface area (Å²) in [5.41, 5.74) is 0.774. The Labute approximate surface area is 130 Å². The van der Waals surface area contributed by atoms with Crippen molar-refractivity contribution in [3.63, 3.8) is 0 Å². The Bertz CT molecular complexity index is 599. The molecule has 5 heteroatoms. The van der Waals surface area contributed by atoms with E-state index in [4.69, 9.17) is 0 Å². The minimum atomic E-state index is -0.698. The lowest BCUT2D eigenvalue weighted by Crippen LogP contribution is -2.44. The zero-order chi connectivity index (χ0) is 16.5. The predicted octanol–water partition coefficient (Wildman–Crippen LogP) is 2.83. The van der Waals surface area contributed by atoms with Crippen LogP contribution < -0.4 is 10.2 Å². The molecular weight excluding hydrogens is 283 g/mol. The van der Waals surface area contributed by atoms with Crippen LogP contribution in [0.2, 0.25) is 0 Å². The quantitative estimate of drug-likeness (QED) is 0.690. The monoisotopic (exact) mass is 306 g/mol. The Morgan fingerprint density at radius 1 is 1.18 bits per heavy atom. The van der Waals surface area contributed by atoms with Crippen molar-refractivity contribution in [1.29, 1.82) is 0 Å². The Morgan fingerprint density at radius 2 is 1.77 bits per heavy atom. The molecule has 4 nitrogen and oxygen atoms in total. The highest BCUT2D eigenvalue weighted by atomic mass is 19.1. The summed E-state index contributed by atoms with van der Waals surface area (Å²) in [5, 5.41) is 2.64. The first-order chi connectivity index (χ1) is 10.2. The topological polar surface area (TPSA) is 49.4 Å². The maximum absolute atomic E-state index is 13.9. The number of hydrogen-bond acceptors (Lipinski definition) is 3. The molecule has 1 aromatic carbocycles. The standard InChI is InChI=1S/C17H23FN2O2/c1-11-9-14(20-7-5-6-8-20)12(10-13(11)18)15(21)16(22)19-17(2,3)4/h9-10H,5-8H2,1-4H3,(H,19,22). The highest BCUT2D eigenvalue weighted by Crippen LogP contribution is 2.28. The van der Waals surface area contributed by atoms with Crippen LogP contribution in [-0.2, 0) is 4.79 Å². The molecule has 22 heavy (non-hydrogen) atoms. The van der Waals surface area contributed by atoms with Crippen LogP contribution >= 0.6 is 0 Å². The summed E-state index contributed by atoms with van der Waals surface area (Å²) < 4.78 is 13.9. The number of carbonyl (C=O) groups is 2. The van der Waals surface area contributed by atoms with Crippen LogP contribution in [-0.4, -0.2) is 30.3 Å². The van der Waals surface area contributed by atoms with E-state index in [0.29, 0.717) is 11.3 Å². The number of Topliss-reactive ketones (excluding diaryl/α,β-unsaturated/α-hetero) is 1. The highest BCUT2D eigenvalue weighted by molar-refractivity contribution is 6.44. The van der Waals surface area contributed by atoms with E-state index in [0.717, 1.165) is 25.9 Å². The number of nitrogens with one attached hydrogen (secondary N) is 1. The summed E-state index contributed by atoms with van der Waals surface area (Å²) in [5.74, 6) is -1.85. The second kappa shape index (κ2) is 6.07. The third-order valence-corrected chi connectivity index (χ3v) is 3.66. The van der Waals surface area contributed by atoms with E-state index in [-0.39, 0.29) is 5.56 Å². The minimum Gasteiger partial charge on any atom is -0.371 e. The molecule has 1 saturated heterocycles. The molecule has 1 aliphatic heterocycles. The van der Waals surface area contributed by atoms with E-state index in [1.54, 1.807) is 33.8 Å². The summed E-state index contributed by atoms with van der Waals surface area (Å²) in [6.45, 7) is 8.72. The number of halogens is 1. The molecule has 1 aliphatic rings. The smallest absolute Gasteiger partial charge is 0.292 e. The number of rotatable bonds is 3. The normalized spacial score (nSPS) is 15.0. The van der Waals surface area contributed by atoms with E-state index in [1.807, 2.05) is 4.90 Å². The van der Waals surface area contributed by atoms with Crippen molar-refractivity contribution in [2.75, 3.05) is 18.0 Å². The van der Waals surface area contributed by atoms with Gasteiger partial charge in [0.25, 0.3) is 11.7 Å². The number of benzene rings is 1. The molecule has 0 aliphatic carbocycles. The fraction of sp³-hybridized carbons (Fsp3) is 0.529. The summed E-state index contributed by atoms with van der Waals surface area (Å²) >= 11 is 0. The second-order valence-corrected chi connectivity index (χ2v) is 6.85. The van der Waals surface area contributed by atoms with E-state index >= 15 is 0 Å². The van der Waals surface area contributed by atoms with Gasteiger partial charge >= 0.3 is 0 Å². The SMILES string of the molecule is Cc1cc(N2CCCC2)c(C(=O)C(=O)NC(C)(C)C)cc1F. The summed E-state index contributed by atoms with van der Waals surface area (Å²) in [6, 6.07) is 2.85. The Balaban J connectivity index is 2.38. The minimum absolute atomic E-state index is 0.145. The number of hydrogen-bond donors (Lipinski definition) is 1. The van der Waals surface area contributed by atoms with Gasteiger partial charge in [-0.3, -0.25) is 9.59 Å². The van der Waals surface area contributed by atoms with Crippen LogP contribution in [0.3, 0.4) is 0 Å². The molecule has 1 fully saturated rings. The average Bonchev–Trinajstić information content (AvgIpc) is 2.92. The van der Waals surface area contributed by atoms with Gasteiger partial charge in [0.05, 0.1) is 5.56 Å². The number of nitrogens with zero attached hydrogens (tertiary/aromatic N) is 1. The van der Waals surface area contributed by atoms with E-state index < -0.39 is 23.0 Å². The van der Waals surface area contributed by atoms with Gasteiger partial charge in [-0.2, -0.15) is 0 Å². The highest BCUT2D eigenvalue weighted by Gasteiger charge is 2.27. The molecule has 1 N–H and O–H groups in total. The summed E-state index contributed by atoms with van der Waals surface area (Å²) in [7, 11) is 0. The Morgan fingerprint density at radius 3 is 2.32 bits per heavy atom. The van der Waals surface area contributed by atoms with Crippen molar-refractivity contribution in [2.24, 2.45) is 0 Å². The van der Waals surface area contributed by atoms with Gasteiger partial charge in [-0.1, -0.05) is 0 Å². The van der Waals surface area contributed by atoms with Gasteiger partial charge in [0, 0.05) is 24.3 Å². The summed E-state index contributed by atoms with van der Waals surface area (Å²) in [6.07, 6.45) is 2.08. The molecule has 0 saturated carbocycles. The molecule has 2 rings (SSSR count).